The number of halogens is 1. The van der Waals surface area contributed by atoms with Gasteiger partial charge in [0, 0.05) is 26.0 Å². The van der Waals surface area contributed by atoms with E-state index in [1.165, 1.54) is 0 Å². The molecule has 1 atom stereocenters. The first-order chi connectivity index (χ1) is 11.8. The molecule has 6 nitrogen and oxygen atoms in total. The maximum atomic E-state index is 13.0. The minimum Gasteiger partial charge on any atom is -0.375 e. The average Bonchev–Trinajstić information content (AvgIpc) is 3.19. The van der Waals surface area contributed by atoms with Crippen LogP contribution >= 0.6 is 12.4 Å². The second kappa shape index (κ2) is 8.99. The minimum absolute atomic E-state index is 0. The average molecular weight is 365 g/mol. The van der Waals surface area contributed by atoms with Crippen molar-refractivity contribution in [3.63, 3.8) is 0 Å². The first-order valence-corrected chi connectivity index (χ1v) is 8.33. The van der Waals surface area contributed by atoms with E-state index in [1.807, 2.05) is 42.6 Å². The lowest BCUT2D eigenvalue weighted by Gasteiger charge is -2.36. The molecule has 2 aromatic rings. The fraction of sp³-hybridized carbons (Fsp3) is 0.444. The zero-order valence-corrected chi connectivity index (χ0v) is 15.2. The number of benzene rings is 1. The Labute approximate surface area is 154 Å². The molecule has 1 aromatic heterocycles. The molecule has 0 radical (unpaired) electrons. The maximum Gasteiger partial charge on any atom is 0.248 e. The Morgan fingerprint density at radius 2 is 2.04 bits per heavy atom. The summed E-state index contributed by atoms with van der Waals surface area (Å²) in [4.78, 5) is 13.0. The van der Waals surface area contributed by atoms with Gasteiger partial charge in [-0.15, -0.1) is 12.4 Å². The monoisotopic (exact) mass is 364 g/mol. The van der Waals surface area contributed by atoms with Crippen molar-refractivity contribution < 1.29 is 9.53 Å². The zero-order valence-electron chi connectivity index (χ0n) is 14.4. The number of carbonyl (C=O) groups is 1. The zero-order chi connectivity index (χ0) is 16.8. The quantitative estimate of drug-likeness (QED) is 0.821. The van der Waals surface area contributed by atoms with Crippen LogP contribution in [0.5, 0.6) is 0 Å². The van der Waals surface area contributed by atoms with Crippen LogP contribution in [0, 0.1) is 0 Å². The number of hydrogen-bond donors (Lipinski definition) is 2. The lowest BCUT2D eigenvalue weighted by molar-refractivity contribution is -0.132. The highest BCUT2D eigenvalue weighted by molar-refractivity contribution is 5.85. The number of piperidine rings is 1. The molecule has 1 aliphatic rings. The molecule has 1 fully saturated rings. The molecular weight excluding hydrogens is 340 g/mol. The van der Waals surface area contributed by atoms with Gasteiger partial charge in [0.1, 0.15) is 5.54 Å². The summed E-state index contributed by atoms with van der Waals surface area (Å²) in [6, 6.07) is 11.8. The topological polar surface area (TPSA) is 68.2 Å². The van der Waals surface area contributed by atoms with Gasteiger partial charge in [-0.25, -0.2) is 0 Å². The van der Waals surface area contributed by atoms with E-state index in [2.05, 4.69) is 15.7 Å². The number of aromatic nitrogens is 2. The minimum atomic E-state index is -0.621. The van der Waals surface area contributed by atoms with E-state index in [4.69, 9.17) is 4.74 Å². The highest BCUT2D eigenvalue weighted by Crippen LogP contribution is 2.27. The summed E-state index contributed by atoms with van der Waals surface area (Å²) in [5, 5.41) is 10.7. The number of carbonyl (C=O) groups excluding carboxylic acids is 1. The number of nitrogens with one attached hydrogen (secondary N) is 2. The summed E-state index contributed by atoms with van der Waals surface area (Å²) in [6.45, 7) is 2.05. The highest BCUT2D eigenvalue weighted by Gasteiger charge is 2.42. The molecule has 1 unspecified atom stereocenters. The van der Waals surface area contributed by atoms with Crippen molar-refractivity contribution in [1.82, 2.24) is 20.4 Å². The maximum absolute atomic E-state index is 13.0. The van der Waals surface area contributed by atoms with Crippen LogP contribution in [-0.2, 0) is 15.1 Å². The van der Waals surface area contributed by atoms with Gasteiger partial charge in [0.25, 0.3) is 0 Å². The summed E-state index contributed by atoms with van der Waals surface area (Å²) >= 11 is 0. The predicted molar refractivity (Wildman–Crippen MR) is 98.8 cm³/mol. The van der Waals surface area contributed by atoms with Gasteiger partial charge in [-0.2, -0.15) is 5.10 Å². The molecule has 25 heavy (non-hydrogen) atoms. The van der Waals surface area contributed by atoms with E-state index in [1.54, 1.807) is 18.0 Å². The van der Waals surface area contributed by atoms with Crippen LogP contribution in [0.3, 0.4) is 0 Å². The van der Waals surface area contributed by atoms with Crippen LogP contribution in [0.4, 0.5) is 0 Å². The highest BCUT2D eigenvalue weighted by atomic mass is 35.5. The van der Waals surface area contributed by atoms with Crippen LogP contribution in [0.15, 0.2) is 48.8 Å². The third kappa shape index (κ3) is 4.21. The molecule has 7 heteroatoms. The third-order valence-electron chi connectivity index (χ3n) is 4.70. The van der Waals surface area contributed by atoms with E-state index >= 15 is 0 Å². The van der Waals surface area contributed by atoms with E-state index in [0.29, 0.717) is 6.54 Å². The molecule has 3 rings (SSSR count). The predicted octanol–water partition coefficient (Wildman–Crippen LogP) is 1.89. The van der Waals surface area contributed by atoms with Gasteiger partial charge >= 0.3 is 0 Å². The Kier molecular flexibility index (Phi) is 6.99. The Morgan fingerprint density at radius 3 is 2.64 bits per heavy atom. The number of methoxy groups -OCH3 is 1. The fourth-order valence-corrected chi connectivity index (χ4v) is 3.28. The standard InChI is InChI=1S/C18H24N4O2.ClH/c1-24-16(15-6-3-2-4-7-15)14-20-17(23)18(8-11-19-12-9-18)22-13-5-10-21-22;/h2-7,10,13,16,19H,8-9,11-12,14H2,1H3,(H,20,23);1H. The summed E-state index contributed by atoms with van der Waals surface area (Å²) in [5.74, 6) is 0.00526. The summed E-state index contributed by atoms with van der Waals surface area (Å²) in [7, 11) is 1.66. The molecule has 0 spiro atoms. The molecule has 1 saturated heterocycles. The first kappa shape index (κ1) is 19.4. The first-order valence-electron chi connectivity index (χ1n) is 8.33. The van der Waals surface area contributed by atoms with E-state index in [0.717, 1.165) is 31.5 Å². The Morgan fingerprint density at radius 1 is 1.32 bits per heavy atom. The normalized spacial score (nSPS) is 17.3. The third-order valence-corrected chi connectivity index (χ3v) is 4.70. The SMILES string of the molecule is COC(CNC(=O)C1(n2cccn2)CCNCC1)c1ccccc1.Cl. The second-order valence-corrected chi connectivity index (χ2v) is 6.08. The molecule has 2 N–H and O–H groups in total. The van der Waals surface area contributed by atoms with E-state index < -0.39 is 5.54 Å². The second-order valence-electron chi connectivity index (χ2n) is 6.08. The summed E-state index contributed by atoms with van der Waals surface area (Å²) in [6.07, 6.45) is 4.88. The van der Waals surface area contributed by atoms with Gasteiger partial charge in [0.15, 0.2) is 0 Å². The number of amides is 1. The van der Waals surface area contributed by atoms with Gasteiger partial charge < -0.3 is 15.4 Å². The number of rotatable bonds is 6. The Bertz CT molecular complexity index is 642. The van der Waals surface area contributed by atoms with Gasteiger partial charge in [-0.1, -0.05) is 30.3 Å². The Hall–Kier alpha value is -1.89. The molecule has 1 aliphatic heterocycles. The smallest absolute Gasteiger partial charge is 0.248 e. The van der Waals surface area contributed by atoms with Crippen LogP contribution in [0.2, 0.25) is 0 Å². The molecule has 2 heterocycles. The largest absolute Gasteiger partial charge is 0.375 e. The van der Waals surface area contributed by atoms with Crippen LogP contribution in [-0.4, -0.2) is 42.4 Å². The van der Waals surface area contributed by atoms with Gasteiger partial charge in [-0.05, 0) is 37.6 Å². The van der Waals surface area contributed by atoms with Gasteiger partial charge in [0.2, 0.25) is 5.91 Å². The number of nitrogens with zero attached hydrogens (tertiary/aromatic N) is 2. The molecule has 0 saturated carbocycles. The van der Waals surface area contributed by atoms with Crippen molar-refractivity contribution >= 4 is 18.3 Å². The molecule has 1 aromatic carbocycles. The number of hydrogen-bond acceptors (Lipinski definition) is 4. The van der Waals surface area contributed by atoms with Crippen molar-refractivity contribution in [3.8, 4) is 0 Å². The number of ether oxygens (including phenoxy) is 1. The summed E-state index contributed by atoms with van der Waals surface area (Å²) in [5.41, 5.74) is 0.433. The molecule has 136 valence electrons. The fourth-order valence-electron chi connectivity index (χ4n) is 3.28. The van der Waals surface area contributed by atoms with Gasteiger partial charge in [0.05, 0.1) is 6.10 Å². The van der Waals surface area contributed by atoms with E-state index in [9.17, 15) is 4.79 Å². The lowest BCUT2D eigenvalue weighted by Crippen LogP contribution is -2.55. The van der Waals surface area contributed by atoms with Crippen LogP contribution in [0.25, 0.3) is 0 Å². The van der Waals surface area contributed by atoms with Crippen molar-refractivity contribution in [3.05, 3.63) is 54.4 Å². The molecule has 0 aliphatic carbocycles. The van der Waals surface area contributed by atoms with Gasteiger partial charge in [-0.3, -0.25) is 9.48 Å². The van der Waals surface area contributed by atoms with Crippen LogP contribution in [0.1, 0.15) is 24.5 Å². The van der Waals surface area contributed by atoms with E-state index in [-0.39, 0.29) is 24.4 Å². The van der Waals surface area contributed by atoms with Crippen molar-refractivity contribution in [2.45, 2.75) is 24.5 Å². The lowest BCUT2D eigenvalue weighted by atomic mass is 9.87. The Balaban J connectivity index is 0.00000225. The molecule has 1 amide bonds. The molecule has 0 bridgehead atoms. The van der Waals surface area contributed by atoms with Crippen molar-refractivity contribution in [1.29, 1.82) is 0 Å². The van der Waals surface area contributed by atoms with Crippen molar-refractivity contribution in [2.24, 2.45) is 0 Å². The van der Waals surface area contributed by atoms with Crippen LogP contribution < -0.4 is 10.6 Å². The molecular formula is C18H25ClN4O2. The van der Waals surface area contributed by atoms with Crippen molar-refractivity contribution in [2.75, 3.05) is 26.7 Å². The summed E-state index contributed by atoms with van der Waals surface area (Å²) < 4.78 is 7.35.